The number of aliphatic hydroxyl groups is 1. The van der Waals surface area contributed by atoms with Gasteiger partial charge in [0.1, 0.15) is 0 Å². The SMILES string of the molecule is CC(C)(CCC[C@](C)(CC#CC(O)(C(F)(F)F)C(F)(F)F)C1CCC2[C@@H](O[Si](C)(C)C(C)(C)C)CCC[C@@]21C)O[Si](C)(C)C. The van der Waals surface area contributed by atoms with Gasteiger partial charge in [0.2, 0.25) is 0 Å². The maximum absolute atomic E-state index is 13.4. The molecule has 1 N–H and O–H groups in total. The summed E-state index contributed by atoms with van der Waals surface area (Å²) >= 11 is 0. The lowest BCUT2D eigenvalue weighted by Crippen LogP contribution is -2.55. The van der Waals surface area contributed by atoms with E-state index in [1.807, 2.05) is 20.8 Å². The maximum Gasteiger partial charge on any atom is 0.438 e. The highest BCUT2D eigenvalue weighted by molar-refractivity contribution is 6.74. The first-order valence-electron chi connectivity index (χ1n) is 16.1. The van der Waals surface area contributed by atoms with Crippen LogP contribution in [-0.2, 0) is 8.85 Å². The Labute approximate surface area is 264 Å². The molecule has 11 heteroatoms. The Kier molecular flexibility index (Phi) is 11.5. The molecular formula is C33H58F6O3Si2. The molecule has 3 nitrogen and oxygen atoms in total. The molecule has 2 rings (SSSR count). The van der Waals surface area contributed by atoms with Crippen LogP contribution in [0.25, 0.3) is 0 Å². The average Bonchev–Trinajstić information content (AvgIpc) is 3.13. The second-order valence-corrected chi connectivity index (χ2v) is 26.4. The van der Waals surface area contributed by atoms with Crippen LogP contribution in [0.1, 0.15) is 106 Å². The van der Waals surface area contributed by atoms with Gasteiger partial charge in [-0.05, 0) is 119 Å². The van der Waals surface area contributed by atoms with E-state index in [-0.39, 0.29) is 34.8 Å². The first kappa shape index (κ1) is 39.6. The van der Waals surface area contributed by atoms with Crippen molar-refractivity contribution in [2.75, 3.05) is 0 Å². The summed E-state index contributed by atoms with van der Waals surface area (Å²) in [4.78, 5) is 0. The normalized spacial score (nSPS) is 27.4. The predicted octanol–water partition coefficient (Wildman–Crippen LogP) is 10.6. The minimum Gasteiger partial charge on any atom is -0.414 e. The zero-order chi connectivity index (χ0) is 34.4. The third-order valence-electron chi connectivity index (χ3n) is 10.8. The molecule has 0 spiro atoms. The van der Waals surface area contributed by atoms with Crippen LogP contribution in [0, 0.1) is 34.5 Å². The van der Waals surface area contributed by atoms with Gasteiger partial charge in [-0.15, -0.1) is 0 Å². The van der Waals surface area contributed by atoms with Crippen LogP contribution in [0.4, 0.5) is 26.3 Å². The van der Waals surface area contributed by atoms with E-state index in [0.717, 1.165) is 32.1 Å². The number of halogens is 6. The lowest BCUT2D eigenvalue weighted by Gasteiger charge is -2.52. The van der Waals surface area contributed by atoms with E-state index in [4.69, 9.17) is 8.85 Å². The van der Waals surface area contributed by atoms with Crippen molar-refractivity contribution in [3.8, 4) is 11.8 Å². The minimum atomic E-state index is -5.96. The van der Waals surface area contributed by atoms with Crippen molar-refractivity contribution in [3.05, 3.63) is 0 Å². The van der Waals surface area contributed by atoms with Crippen molar-refractivity contribution in [2.24, 2.45) is 22.7 Å². The van der Waals surface area contributed by atoms with Crippen molar-refractivity contribution in [1.29, 1.82) is 0 Å². The first-order valence-corrected chi connectivity index (χ1v) is 22.5. The molecule has 0 bridgehead atoms. The van der Waals surface area contributed by atoms with Crippen molar-refractivity contribution in [2.45, 2.75) is 174 Å². The molecule has 2 aliphatic carbocycles. The van der Waals surface area contributed by atoms with Crippen molar-refractivity contribution in [3.63, 3.8) is 0 Å². The molecule has 0 radical (unpaired) electrons. The van der Waals surface area contributed by atoms with Crippen molar-refractivity contribution < 1.29 is 40.3 Å². The molecule has 258 valence electrons. The van der Waals surface area contributed by atoms with E-state index >= 15 is 0 Å². The number of rotatable bonds is 10. The van der Waals surface area contributed by atoms with Crippen LogP contribution in [0.3, 0.4) is 0 Å². The molecule has 2 unspecified atom stereocenters. The number of hydrogen-bond acceptors (Lipinski definition) is 3. The molecule has 2 saturated carbocycles. The summed E-state index contributed by atoms with van der Waals surface area (Å²) in [6, 6.07) is 0. The molecule has 2 aliphatic rings. The average molecular weight is 673 g/mol. The van der Waals surface area contributed by atoms with Crippen LogP contribution >= 0.6 is 0 Å². The van der Waals surface area contributed by atoms with Gasteiger partial charge in [0.25, 0.3) is 0 Å². The molecule has 0 aromatic heterocycles. The molecule has 0 aromatic rings. The van der Waals surface area contributed by atoms with Gasteiger partial charge in [0, 0.05) is 12.5 Å². The largest absolute Gasteiger partial charge is 0.438 e. The lowest BCUT2D eigenvalue weighted by atomic mass is 9.56. The molecule has 0 saturated heterocycles. The summed E-state index contributed by atoms with van der Waals surface area (Å²) in [7, 11) is -3.91. The molecule has 0 aliphatic heterocycles. The van der Waals surface area contributed by atoms with Gasteiger partial charge < -0.3 is 14.0 Å². The predicted molar refractivity (Wildman–Crippen MR) is 170 cm³/mol. The molecule has 0 amide bonds. The molecular weight excluding hydrogens is 615 g/mol. The summed E-state index contributed by atoms with van der Waals surface area (Å²) in [6.45, 7) is 25.8. The van der Waals surface area contributed by atoms with Crippen molar-refractivity contribution in [1.82, 2.24) is 0 Å². The Balaban J connectivity index is 2.47. The van der Waals surface area contributed by atoms with E-state index < -0.39 is 45.6 Å². The lowest BCUT2D eigenvalue weighted by molar-refractivity contribution is -0.343. The summed E-state index contributed by atoms with van der Waals surface area (Å²) in [5.74, 6) is 3.78. The van der Waals surface area contributed by atoms with Gasteiger partial charge >= 0.3 is 18.0 Å². The fraction of sp³-hybridized carbons (Fsp3) is 0.939. The monoisotopic (exact) mass is 672 g/mol. The summed E-state index contributed by atoms with van der Waals surface area (Å²) in [6.07, 6.45) is -5.46. The topological polar surface area (TPSA) is 38.7 Å². The summed E-state index contributed by atoms with van der Waals surface area (Å²) in [5.41, 5.74) is -6.32. The van der Waals surface area contributed by atoms with Crippen LogP contribution < -0.4 is 0 Å². The van der Waals surface area contributed by atoms with Gasteiger partial charge in [-0.25, -0.2) is 0 Å². The Morgan fingerprint density at radius 3 is 1.86 bits per heavy atom. The smallest absolute Gasteiger partial charge is 0.414 e. The quantitative estimate of drug-likeness (QED) is 0.143. The number of fused-ring (bicyclic) bond motifs is 1. The van der Waals surface area contributed by atoms with Gasteiger partial charge in [-0.3, -0.25) is 0 Å². The molecule has 5 atom stereocenters. The third kappa shape index (κ3) is 8.87. The zero-order valence-electron chi connectivity index (χ0n) is 29.1. The molecule has 0 aromatic carbocycles. The molecule has 2 fully saturated rings. The van der Waals surface area contributed by atoms with Gasteiger partial charge in [0.15, 0.2) is 16.6 Å². The number of hydrogen-bond donors (Lipinski definition) is 1. The van der Waals surface area contributed by atoms with E-state index in [1.165, 1.54) is 5.92 Å². The standard InChI is InChI=1S/C33H58F6O3Si2/c1-27(2,3)44(11,12)41-25-16-13-22-30(7)24(25)17-18-26(30)29(6,20-14-19-28(4,5)42-43(8,9)10)21-15-23-31(40,32(34,35)36)33(37,38)39/h24-26,40H,13-14,16-22H2,1-12H3/t24?,25-,26?,29+,30-/m0/s1. The Bertz CT molecular complexity index is 1030. The van der Waals surface area contributed by atoms with Gasteiger partial charge in [-0.2, -0.15) is 26.3 Å². The second kappa shape index (κ2) is 12.8. The highest BCUT2D eigenvalue weighted by Crippen LogP contribution is 2.63. The summed E-state index contributed by atoms with van der Waals surface area (Å²) in [5, 5.41) is 9.78. The Morgan fingerprint density at radius 2 is 1.39 bits per heavy atom. The molecule has 0 heterocycles. The van der Waals surface area contributed by atoms with E-state index in [1.54, 1.807) is 0 Å². The highest BCUT2D eigenvalue weighted by atomic mass is 28.4. The van der Waals surface area contributed by atoms with E-state index in [9.17, 15) is 31.4 Å². The van der Waals surface area contributed by atoms with Crippen LogP contribution in [0.15, 0.2) is 0 Å². The number of alkyl halides is 6. The minimum absolute atomic E-state index is 0.0333. The fourth-order valence-corrected chi connectivity index (χ4v) is 11.0. The van der Waals surface area contributed by atoms with Crippen LogP contribution in [0.2, 0.25) is 37.8 Å². The maximum atomic E-state index is 13.4. The van der Waals surface area contributed by atoms with E-state index in [0.29, 0.717) is 19.3 Å². The van der Waals surface area contributed by atoms with Gasteiger partial charge in [0.05, 0.1) is 5.60 Å². The van der Waals surface area contributed by atoms with Gasteiger partial charge in [-0.1, -0.05) is 53.4 Å². The molecule has 44 heavy (non-hydrogen) atoms. The Hall–Kier alpha value is -0.546. The summed E-state index contributed by atoms with van der Waals surface area (Å²) < 4.78 is 94.0. The third-order valence-corrected chi connectivity index (χ3v) is 16.5. The highest BCUT2D eigenvalue weighted by Gasteiger charge is 2.70. The van der Waals surface area contributed by atoms with Crippen LogP contribution in [0.5, 0.6) is 0 Å². The second-order valence-electron chi connectivity index (χ2n) is 17.2. The zero-order valence-corrected chi connectivity index (χ0v) is 31.1. The Morgan fingerprint density at radius 1 is 0.841 bits per heavy atom. The van der Waals surface area contributed by atoms with Crippen LogP contribution in [-0.4, -0.2) is 51.4 Å². The van der Waals surface area contributed by atoms with Crippen molar-refractivity contribution >= 4 is 16.6 Å². The van der Waals surface area contributed by atoms with E-state index in [2.05, 4.69) is 66.4 Å². The first-order chi connectivity index (χ1) is 19.4. The fourth-order valence-electron chi connectivity index (χ4n) is 7.82.